The molecule has 3 aromatic rings. The van der Waals surface area contributed by atoms with E-state index < -0.39 is 16.1 Å². The molecule has 0 saturated carbocycles. The summed E-state index contributed by atoms with van der Waals surface area (Å²) in [7, 11) is -2.39. The fourth-order valence-electron chi connectivity index (χ4n) is 3.51. The lowest BCUT2D eigenvalue weighted by molar-refractivity contribution is -0.0249. The molecule has 8 nitrogen and oxygen atoms in total. The number of para-hydroxylation sites is 1. The number of nitrogens with one attached hydrogen (secondary N) is 1. The monoisotopic (exact) mass is 475 g/mol. The van der Waals surface area contributed by atoms with Gasteiger partial charge >= 0.3 is 0 Å². The number of benzene rings is 2. The van der Waals surface area contributed by atoms with Crippen molar-refractivity contribution >= 4 is 27.2 Å². The van der Waals surface area contributed by atoms with Gasteiger partial charge in [-0.15, -0.1) is 0 Å². The maximum atomic E-state index is 13.4. The van der Waals surface area contributed by atoms with Crippen LogP contribution >= 0.6 is 0 Å². The van der Waals surface area contributed by atoms with Crippen molar-refractivity contribution in [3.05, 3.63) is 59.8 Å². The molecule has 9 heteroatoms. The van der Waals surface area contributed by atoms with Crippen molar-refractivity contribution in [2.75, 3.05) is 33.4 Å². The van der Waals surface area contributed by atoms with Crippen LogP contribution in [0.4, 0.5) is 0 Å². The van der Waals surface area contributed by atoms with Gasteiger partial charge in [-0.05, 0) is 38.2 Å². The normalized spacial score (nSPS) is 16.2. The molecular weight excluding hydrogens is 442 g/mol. The van der Waals surface area contributed by atoms with E-state index in [-0.39, 0.29) is 36.9 Å². The zero-order chi connectivity index (χ0) is 24.4. The molecule has 1 aliphatic heterocycles. The Kier molecular flexibility index (Phi) is 10.1. The maximum Gasteiger partial charge on any atom is 0.246 e. The standard InChI is InChI=1S/C21H22N2O5S.C2H6.CH5N/c1-15-7-8-19-18(11-15)21(20(13-24)22-19)29(25,26)23-9-10-27-17(12-23)14-28-16-5-3-2-4-6-16;2*1-2/h2-8,11,13,17,22H,9-10,12,14H2,1H3;1-2H3;2H2,1H3/t17-;;/m0../s1. The van der Waals surface area contributed by atoms with E-state index in [2.05, 4.69) is 10.7 Å². The van der Waals surface area contributed by atoms with Crippen LogP contribution in [0.2, 0.25) is 0 Å². The number of rotatable bonds is 6. The molecule has 4 rings (SSSR count). The number of nitrogens with two attached hydrogens (primary N) is 1. The number of aromatic amines is 1. The summed E-state index contributed by atoms with van der Waals surface area (Å²) in [5.74, 6) is 0.700. The van der Waals surface area contributed by atoms with E-state index in [1.54, 1.807) is 12.1 Å². The average molecular weight is 476 g/mol. The number of ether oxygens (including phenoxy) is 2. The zero-order valence-electron chi connectivity index (χ0n) is 19.6. The number of aromatic nitrogens is 1. The lowest BCUT2D eigenvalue weighted by Gasteiger charge is -2.32. The van der Waals surface area contributed by atoms with Crippen molar-refractivity contribution in [2.24, 2.45) is 5.73 Å². The van der Waals surface area contributed by atoms with Crippen molar-refractivity contribution < 1.29 is 22.7 Å². The molecule has 2 heterocycles. The van der Waals surface area contributed by atoms with Gasteiger partial charge in [-0.2, -0.15) is 4.31 Å². The number of sulfonamides is 1. The summed E-state index contributed by atoms with van der Waals surface area (Å²) in [4.78, 5) is 14.5. The molecule has 1 saturated heterocycles. The Bertz CT molecular complexity index is 1130. The quantitative estimate of drug-likeness (QED) is 0.529. The van der Waals surface area contributed by atoms with Crippen molar-refractivity contribution in [1.29, 1.82) is 0 Å². The molecule has 33 heavy (non-hydrogen) atoms. The molecule has 1 aliphatic rings. The Labute approximate surface area is 195 Å². The van der Waals surface area contributed by atoms with Gasteiger partial charge in [0.15, 0.2) is 6.29 Å². The van der Waals surface area contributed by atoms with Gasteiger partial charge in [0.25, 0.3) is 0 Å². The lowest BCUT2D eigenvalue weighted by atomic mass is 10.2. The first-order valence-electron chi connectivity index (χ1n) is 10.9. The van der Waals surface area contributed by atoms with Crippen molar-refractivity contribution in [3.63, 3.8) is 0 Å². The van der Waals surface area contributed by atoms with Crippen LogP contribution in [0.5, 0.6) is 5.75 Å². The van der Waals surface area contributed by atoms with Crippen LogP contribution in [0.1, 0.15) is 29.9 Å². The molecule has 2 aromatic carbocycles. The number of carbonyl (C=O) groups excluding carboxylic acids is 1. The first-order chi connectivity index (χ1) is 16.0. The fraction of sp³-hybridized carbons (Fsp3) is 0.375. The van der Waals surface area contributed by atoms with Crippen LogP contribution in [0.15, 0.2) is 53.4 Å². The summed E-state index contributed by atoms with van der Waals surface area (Å²) in [6.07, 6.45) is 0.156. The number of aldehydes is 1. The third-order valence-corrected chi connectivity index (χ3v) is 6.90. The van der Waals surface area contributed by atoms with Crippen LogP contribution < -0.4 is 10.5 Å². The summed E-state index contributed by atoms with van der Waals surface area (Å²) in [5.41, 5.74) is 6.10. The molecule has 0 amide bonds. The molecule has 180 valence electrons. The number of H-pyrrole nitrogens is 1. The zero-order valence-corrected chi connectivity index (χ0v) is 20.4. The van der Waals surface area contributed by atoms with Gasteiger partial charge < -0.3 is 20.2 Å². The Hall–Kier alpha value is -2.72. The predicted molar refractivity (Wildman–Crippen MR) is 130 cm³/mol. The molecule has 0 bridgehead atoms. The number of carbonyl (C=O) groups is 1. The van der Waals surface area contributed by atoms with Gasteiger partial charge in [0.05, 0.1) is 12.3 Å². The average Bonchev–Trinajstić information content (AvgIpc) is 3.24. The van der Waals surface area contributed by atoms with Gasteiger partial charge in [-0.3, -0.25) is 4.79 Å². The molecular formula is C24H33N3O5S. The first kappa shape index (κ1) is 26.5. The highest BCUT2D eigenvalue weighted by Gasteiger charge is 2.34. The number of hydrogen-bond donors (Lipinski definition) is 2. The third-order valence-electron chi connectivity index (χ3n) is 4.93. The Morgan fingerprint density at radius 3 is 2.55 bits per heavy atom. The second kappa shape index (κ2) is 12.5. The second-order valence-corrected chi connectivity index (χ2v) is 8.89. The highest BCUT2D eigenvalue weighted by molar-refractivity contribution is 7.89. The molecule has 0 unspecified atom stereocenters. The molecule has 0 radical (unpaired) electrons. The molecule has 3 N–H and O–H groups in total. The van der Waals surface area contributed by atoms with Crippen LogP contribution in [-0.2, 0) is 14.8 Å². The van der Waals surface area contributed by atoms with E-state index in [9.17, 15) is 13.2 Å². The highest BCUT2D eigenvalue weighted by atomic mass is 32.2. The minimum Gasteiger partial charge on any atom is -0.491 e. The number of fused-ring (bicyclic) bond motifs is 1. The molecule has 1 aromatic heterocycles. The third kappa shape index (κ3) is 6.20. The van der Waals surface area contributed by atoms with E-state index in [0.717, 1.165) is 5.56 Å². The lowest BCUT2D eigenvalue weighted by Crippen LogP contribution is -2.47. The summed E-state index contributed by atoms with van der Waals surface area (Å²) in [6, 6.07) is 14.7. The Balaban J connectivity index is 0.000000914. The summed E-state index contributed by atoms with van der Waals surface area (Å²) in [5, 5.41) is 0.524. The van der Waals surface area contributed by atoms with Crippen LogP contribution in [0.25, 0.3) is 10.9 Å². The highest BCUT2D eigenvalue weighted by Crippen LogP contribution is 2.30. The topological polar surface area (TPSA) is 115 Å². The maximum absolute atomic E-state index is 13.4. The van der Waals surface area contributed by atoms with Gasteiger partial charge in [0.1, 0.15) is 23.4 Å². The SMILES string of the molecule is CC.CN.Cc1ccc2[nH]c(C=O)c(S(=O)(=O)N3CCO[C@H](COc4ccccc4)C3)c2c1. The van der Waals surface area contributed by atoms with Crippen LogP contribution in [0.3, 0.4) is 0 Å². The number of aryl methyl sites for hydroxylation is 1. The van der Waals surface area contributed by atoms with Gasteiger partial charge in [0, 0.05) is 24.0 Å². The number of hydrogen-bond acceptors (Lipinski definition) is 6. The van der Waals surface area contributed by atoms with Crippen molar-refractivity contribution in [2.45, 2.75) is 31.8 Å². The molecule has 0 aliphatic carbocycles. The van der Waals surface area contributed by atoms with E-state index in [1.165, 1.54) is 11.4 Å². The second-order valence-electron chi connectivity index (χ2n) is 7.01. The summed E-state index contributed by atoms with van der Waals surface area (Å²) in [6.45, 7) is 6.77. The van der Waals surface area contributed by atoms with Crippen molar-refractivity contribution in [3.8, 4) is 5.75 Å². The Morgan fingerprint density at radius 2 is 1.88 bits per heavy atom. The minimum absolute atomic E-state index is 0.0239. The molecule has 1 atom stereocenters. The van der Waals surface area contributed by atoms with E-state index >= 15 is 0 Å². The summed E-state index contributed by atoms with van der Waals surface area (Å²) < 4.78 is 39.6. The number of nitrogens with zero attached hydrogens (tertiary/aromatic N) is 1. The minimum atomic E-state index is -3.89. The first-order valence-corrected chi connectivity index (χ1v) is 12.4. The fourth-order valence-corrected chi connectivity index (χ4v) is 5.27. The molecule has 0 spiro atoms. The van der Waals surface area contributed by atoms with Gasteiger partial charge in [0.2, 0.25) is 10.0 Å². The number of morpholine rings is 1. The van der Waals surface area contributed by atoms with E-state index in [4.69, 9.17) is 9.47 Å². The van der Waals surface area contributed by atoms with E-state index in [1.807, 2.05) is 57.2 Å². The smallest absolute Gasteiger partial charge is 0.246 e. The Morgan fingerprint density at radius 1 is 1.18 bits per heavy atom. The van der Waals surface area contributed by atoms with Gasteiger partial charge in [-0.1, -0.05) is 43.7 Å². The van der Waals surface area contributed by atoms with Crippen LogP contribution in [-0.4, -0.2) is 63.4 Å². The predicted octanol–water partition coefficient (Wildman–Crippen LogP) is 3.36. The van der Waals surface area contributed by atoms with Crippen molar-refractivity contribution in [1.82, 2.24) is 9.29 Å². The largest absolute Gasteiger partial charge is 0.491 e. The molecule has 1 fully saturated rings. The summed E-state index contributed by atoms with van der Waals surface area (Å²) >= 11 is 0. The van der Waals surface area contributed by atoms with Crippen LogP contribution in [0, 0.1) is 6.92 Å². The van der Waals surface area contributed by atoms with E-state index in [0.29, 0.717) is 22.9 Å². The van der Waals surface area contributed by atoms with Gasteiger partial charge in [-0.25, -0.2) is 8.42 Å².